The summed E-state index contributed by atoms with van der Waals surface area (Å²) in [6.07, 6.45) is 0.399. The lowest BCUT2D eigenvalue weighted by Gasteiger charge is -2.35. The van der Waals surface area contributed by atoms with E-state index in [0.29, 0.717) is 10.9 Å². The van der Waals surface area contributed by atoms with Gasteiger partial charge in [-0.05, 0) is 34.5 Å². The predicted octanol–water partition coefficient (Wildman–Crippen LogP) is 3.64. The molecule has 0 radical (unpaired) electrons. The van der Waals surface area contributed by atoms with Gasteiger partial charge in [0.25, 0.3) is 0 Å². The van der Waals surface area contributed by atoms with E-state index in [1.165, 1.54) is 0 Å². The summed E-state index contributed by atoms with van der Waals surface area (Å²) in [5.74, 6) is 0.209. The molecule has 1 aromatic carbocycles. The molecule has 1 aromatic rings. The van der Waals surface area contributed by atoms with Crippen molar-refractivity contribution in [3.05, 3.63) is 26.6 Å². The Labute approximate surface area is 141 Å². The lowest BCUT2D eigenvalue weighted by atomic mass is 10.0. The molecular formula is C13H18Br2ClFN2O. The second-order valence-electron chi connectivity index (χ2n) is 4.60. The third kappa shape index (κ3) is 4.31. The number of nitrogens with zero attached hydrogens (tertiary/aromatic N) is 1. The number of aromatic hydroxyl groups is 1. The molecule has 2 rings (SSSR count). The van der Waals surface area contributed by atoms with E-state index in [2.05, 4.69) is 42.1 Å². The minimum Gasteiger partial charge on any atom is -0.506 e. The van der Waals surface area contributed by atoms with Gasteiger partial charge in [-0.25, -0.2) is 0 Å². The fourth-order valence-corrected chi connectivity index (χ4v) is 3.73. The van der Waals surface area contributed by atoms with Crippen LogP contribution in [0.2, 0.25) is 0 Å². The minimum atomic E-state index is -0.391. The van der Waals surface area contributed by atoms with Crippen molar-refractivity contribution in [2.75, 3.05) is 32.9 Å². The Morgan fingerprint density at radius 3 is 2.55 bits per heavy atom. The number of phenols is 1. The molecule has 0 spiro atoms. The number of hydrogen-bond donors (Lipinski definition) is 2. The highest BCUT2D eigenvalue weighted by Crippen LogP contribution is 2.38. The molecule has 0 unspecified atom stereocenters. The second-order valence-corrected chi connectivity index (χ2v) is 6.37. The summed E-state index contributed by atoms with van der Waals surface area (Å²) >= 11 is 6.76. The summed E-state index contributed by atoms with van der Waals surface area (Å²) in [5, 5.41) is 13.5. The summed E-state index contributed by atoms with van der Waals surface area (Å²) in [5.41, 5.74) is 0.779. The van der Waals surface area contributed by atoms with Crippen molar-refractivity contribution in [1.82, 2.24) is 10.2 Å². The van der Waals surface area contributed by atoms with E-state index in [1.807, 2.05) is 6.07 Å². The van der Waals surface area contributed by atoms with E-state index in [1.54, 1.807) is 6.07 Å². The predicted molar refractivity (Wildman–Crippen MR) is 88.5 cm³/mol. The molecule has 114 valence electrons. The summed E-state index contributed by atoms with van der Waals surface area (Å²) < 4.78 is 14.4. The molecule has 1 fully saturated rings. The summed E-state index contributed by atoms with van der Waals surface area (Å²) in [6, 6.07) is 3.59. The van der Waals surface area contributed by atoms with Crippen LogP contribution in [0.1, 0.15) is 18.0 Å². The van der Waals surface area contributed by atoms with Crippen molar-refractivity contribution >= 4 is 44.3 Å². The Bertz CT molecular complexity index is 445. The van der Waals surface area contributed by atoms with Crippen LogP contribution in [-0.2, 0) is 0 Å². The van der Waals surface area contributed by atoms with E-state index in [0.717, 1.165) is 36.2 Å². The molecule has 1 atom stereocenters. The Morgan fingerprint density at radius 2 is 1.95 bits per heavy atom. The largest absolute Gasteiger partial charge is 0.506 e. The Balaban J connectivity index is 0.00000200. The van der Waals surface area contributed by atoms with Gasteiger partial charge in [0, 0.05) is 42.3 Å². The molecule has 1 aliphatic heterocycles. The van der Waals surface area contributed by atoms with Crippen LogP contribution in [0.3, 0.4) is 0 Å². The van der Waals surface area contributed by atoms with Crippen molar-refractivity contribution in [3.8, 4) is 5.75 Å². The highest BCUT2D eigenvalue weighted by atomic mass is 79.9. The summed E-state index contributed by atoms with van der Waals surface area (Å²) in [6.45, 7) is 3.15. The SMILES string of the molecule is Cl.Oc1c(Br)cc(Br)cc1[C@H](CCF)N1CCNCC1. The monoisotopic (exact) mass is 430 g/mol. The van der Waals surface area contributed by atoms with E-state index >= 15 is 0 Å². The molecule has 20 heavy (non-hydrogen) atoms. The first-order valence-corrected chi connectivity index (χ1v) is 7.90. The molecular weight excluding hydrogens is 414 g/mol. The highest BCUT2D eigenvalue weighted by Gasteiger charge is 2.25. The van der Waals surface area contributed by atoms with Crippen LogP contribution in [0, 0.1) is 0 Å². The number of halogens is 4. The lowest BCUT2D eigenvalue weighted by Crippen LogP contribution is -2.45. The van der Waals surface area contributed by atoms with Crippen molar-refractivity contribution in [2.45, 2.75) is 12.5 Å². The van der Waals surface area contributed by atoms with Crippen molar-refractivity contribution < 1.29 is 9.50 Å². The Morgan fingerprint density at radius 1 is 1.30 bits per heavy atom. The minimum absolute atomic E-state index is 0. The van der Waals surface area contributed by atoms with Gasteiger partial charge in [-0.3, -0.25) is 9.29 Å². The zero-order valence-corrected chi connectivity index (χ0v) is 14.9. The van der Waals surface area contributed by atoms with Crippen LogP contribution >= 0.6 is 44.3 Å². The first kappa shape index (κ1) is 18.2. The summed E-state index contributed by atoms with van der Waals surface area (Å²) in [4.78, 5) is 2.23. The quantitative estimate of drug-likeness (QED) is 0.763. The molecule has 1 aliphatic rings. The summed E-state index contributed by atoms with van der Waals surface area (Å²) in [7, 11) is 0. The molecule has 0 amide bonds. The first-order valence-electron chi connectivity index (χ1n) is 6.32. The standard InChI is InChI=1S/C13H17Br2FN2O.ClH/c14-9-7-10(13(19)11(15)8-9)12(1-2-16)18-5-3-17-4-6-18;/h7-8,12,17,19H,1-6H2;1H/t12-;/m0./s1. The fraction of sp³-hybridized carbons (Fsp3) is 0.538. The van der Waals surface area contributed by atoms with Gasteiger partial charge in [0.15, 0.2) is 0 Å². The zero-order chi connectivity index (χ0) is 13.8. The molecule has 7 heteroatoms. The average Bonchev–Trinajstić information content (AvgIpc) is 2.41. The van der Waals surface area contributed by atoms with Gasteiger partial charge in [0.1, 0.15) is 5.75 Å². The van der Waals surface area contributed by atoms with E-state index in [9.17, 15) is 9.50 Å². The fourth-order valence-electron chi connectivity index (χ4n) is 2.47. The number of alkyl halides is 1. The molecule has 0 aromatic heterocycles. The maximum absolute atomic E-state index is 12.9. The van der Waals surface area contributed by atoms with E-state index in [-0.39, 0.29) is 24.2 Å². The molecule has 3 nitrogen and oxygen atoms in total. The number of phenolic OH excluding ortho intramolecular Hbond substituents is 1. The van der Waals surface area contributed by atoms with Crippen LogP contribution in [0.25, 0.3) is 0 Å². The van der Waals surface area contributed by atoms with Gasteiger partial charge in [0.2, 0.25) is 0 Å². The van der Waals surface area contributed by atoms with Crippen LogP contribution in [0.4, 0.5) is 4.39 Å². The van der Waals surface area contributed by atoms with Crippen LogP contribution in [0.15, 0.2) is 21.1 Å². The third-order valence-electron chi connectivity index (χ3n) is 3.39. The zero-order valence-electron chi connectivity index (χ0n) is 10.9. The van der Waals surface area contributed by atoms with Crippen LogP contribution in [-0.4, -0.2) is 42.9 Å². The second kappa shape index (κ2) is 8.54. The molecule has 0 bridgehead atoms. The van der Waals surface area contributed by atoms with Gasteiger partial charge in [0.05, 0.1) is 11.1 Å². The van der Waals surface area contributed by atoms with E-state index < -0.39 is 6.67 Å². The highest BCUT2D eigenvalue weighted by molar-refractivity contribution is 9.11. The van der Waals surface area contributed by atoms with Crippen LogP contribution in [0.5, 0.6) is 5.75 Å². The van der Waals surface area contributed by atoms with Crippen molar-refractivity contribution in [3.63, 3.8) is 0 Å². The van der Waals surface area contributed by atoms with Crippen LogP contribution < -0.4 is 5.32 Å². The van der Waals surface area contributed by atoms with E-state index in [4.69, 9.17) is 0 Å². The van der Waals surface area contributed by atoms with Crippen molar-refractivity contribution in [2.24, 2.45) is 0 Å². The van der Waals surface area contributed by atoms with Gasteiger partial charge in [-0.1, -0.05) is 15.9 Å². The number of hydrogen-bond acceptors (Lipinski definition) is 3. The maximum atomic E-state index is 12.9. The third-order valence-corrected chi connectivity index (χ3v) is 4.45. The molecule has 1 heterocycles. The molecule has 2 N–H and O–H groups in total. The number of nitrogens with one attached hydrogen (secondary N) is 1. The molecule has 0 saturated carbocycles. The first-order chi connectivity index (χ1) is 9.13. The average molecular weight is 433 g/mol. The number of benzene rings is 1. The van der Waals surface area contributed by atoms with Gasteiger partial charge < -0.3 is 10.4 Å². The smallest absolute Gasteiger partial charge is 0.134 e. The Kier molecular flexibility index (Phi) is 7.75. The number of rotatable bonds is 4. The van der Waals surface area contributed by atoms with Gasteiger partial charge in [-0.2, -0.15) is 0 Å². The lowest BCUT2D eigenvalue weighted by molar-refractivity contribution is 0.155. The Hall–Kier alpha value is 0.120. The molecule has 0 aliphatic carbocycles. The molecule has 1 saturated heterocycles. The van der Waals surface area contributed by atoms with Gasteiger partial charge >= 0.3 is 0 Å². The number of piperazine rings is 1. The topological polar surface area (TPSA) is 35.5 Å². The maximum Gasteiger partial charge on any atom is 0.134 e. The van der Waals surface area contributed by atoms with Crippen molar-refractivity contribution in [1.29, 1.82) is 0 Å². The van der Waals surface area contributed by atoms with Gasteiger partial charge in [-0.15, -0.1) is 12.4 Å². The normalized spacial score (nSPS) is 17.6.